The van der Waals surface area contributed by atoms with Gasteiger partial charge in [-0.25, -0.2) is 0 Å². The molecule has 4 heteroatoms. The second-order valence-corrected chi connectivity index (χ2v) is 6.78. The highest BCUT2D eigenvalue weighted by Crippen LogP contribution is 2.40. The van der Waals surface area contributed by atoms with Crippen LogP contribution in [0.15, 0.2) is 24.3 Å². The molecular formula is C16H24N2O2. The zero-order chi connectivity index (χ0) is 14.8. The fourth-order valence-corrected chi connectivity index (χ4v) is 3.29. The normalized spacial score (nSPS) is 23.4. The monoisotopic (exact) mass is 276 g/mol. The van der Waals surface area contributed by atoms with E-state index < -0.39 is 0 Å². The lowest BCUT2D eigenvalue weighted by molar-refractivity contribution is -0.384. The lowest BCUT2D eigenvalue weighted by atomic mass is 9.69. The number of nitro groups is 1. The summed E-state index contributed by atoms with van der Waals surface area (Å²) in [4.78, 5) is 10.8. The summed E-state index contributed by atoms with van der Waals surface area (Å²) in [5.41, 5.74) is 1.05. The number of rotatable bonds is 3. The number of nitrogens with zero attached hydrogens (tertiary/aromatic N) is 1. The molecular weight excluding hydrogens is 252 g/mol. The first-order chi connectivity index (χ1) is 9.39. The van der Waals surface area contributed by atoms with E-state index in [2.05, 4.69) is 26.1 Å². The van der Waals surface area contributed by atoms with Crippen LogP contribution >= 0.6 is 0 Å². The van der Waals surface area contributed by atoms with Gasteiger partial charge in [-0.15, -0.1) is 0 Å². The summed E-state index contributed by atoms with van der Waals surface area (Å²) in [7, 11) is 0. The maximum atomic E-state index is 11.1. The number of nitro benzene ring substituents is 1. The summed E-state index contributed by atoms with van der Waals surface area (Å²) in [5, 5.41) is 14.6. The highest BCUT2D eigenvalue weighted by molar-refractivity contribution is 5.61. The van der Waals surface area contributed by atoms with Crippen LogP contribution in [0.2, 0.25) is 0 Å². The van der Waals surface area contributed by atoms with Crippen LogP contribution in [0.3, 0.4) is 0 Å². The van der Waals surface area contributed by atoms with Gasteiger partial charge in [0.1, 0.15) is 5.69 Å². The van der Waals surface area contributed by atoms with Crippen molar-refractivity contribution in [1.29, 1.82) is 0 Å². The molecule has 110 valence electrons. The van der Waals surface area contributed by atoms with Crippen LogP contribution in [0.25, 0.3) is 0 Å². The van der Waals surface area contributed by atoms with E-state index in [9.17, 15) is 10.1 Å². The second kappa shape index (κ2) is 5.81. The molecule has 0 aromatic heterocycles. The average molecular weight is 276 g/mol. The van der Waals surface area contributed by atoms with Gasteiger partial charge in [0.05, 0.1) is 4.92 Å². The Labute approximate surface area is 120 Å². The molecule has 0 saturated heterocycles. The molecule has 1 fully saturated rings. The number of anilines is 1. The largest absolute Gasteiger partial charge is 0.376 e. The Morgan fingerprint density at radius 2 is 1.85 bits per heavy atom. The minimum atomic E-state index is -0.308. The van der Waals surface area contributed by atoms with Gasteiger partial charge in [-0.05, 0) is 30.2 Å². The lowest BCUT2D eigenvalue weighted by Crippen LogP contribution is -2.39. The first kappa shape index (κ1) is 14.8. The van der Waals surface area contributed by atoms with E-state index in [1.54, 1.807) is 12.1 Å². The van der Waals surface area contributed by atoms with Crippen molar-refractivity contribution in [2.75, 3.05) is 5.32 Å². The quantitative estimate of drug-likeness (QED) is 0.647. The molecule has 20 heavy (non-hydrogen) atoms. The van der Waals surface area contributed by atoms with Crippen molar-refractivity contribution in [1.82, 2.24) is 0 Å². The van der Waals surface area contributed by atoms with Crippen LogP contribution < -0.4 is 5.32 Å². The topological polar surface area (TPSA) is 55.2 Å². The maximum Gasteiger partial charge on any atom is 0.292 e. The van der Waals surface area contributed by atoms with E-state index in [0.29, 0.717) is 17.6 Å². The van der Waals surface area contributed by atoms with Crippen molar-refractivity contribution in [3.63, 3.8) is 0 Å². The van der Waals surface area contributed by atoms with Gasteiger partial charge in [0.25, 0.3) is 5.69 Å². The highest BCUT2D eigenvalue weighted by Gasteiger charge is 2.34. The zero-order valence-corrected chi connectivity index (χ0v) is 12.6. The molecule has 4 nitrogen and oxygen atoms in total. The molecule has 0 spiro atoms. The zero-order valence-electron chi connectivity index (χ0n) is 12.6. The summed E-state index contributed by atoms with van der Waals surface area (Å²) in [6.45, 7) is 6.78. The standard InChI is InChI=1S/C16H24N2O2/c1-16(2,3)12-8-4-5-9-13(12)17-14-10-6-7-11-15(14)18(19)20/h6-7,10-13,17H,4-5,8-9H2,1-3H3. The molecule has 1 aromatic rings. The molecule has 0 heterocycles. The Balaban J connectivity index is 2.21. The SMILES string of the molecule is CC(C)(C)C1CCCCC1Nc1ccccc1[N+](=O)[O-]. The van der Waals surface area contributed by atoms with E-state index in [4.69, 9.17) is 0 Å². The Hall–Kier alpha value is -1.58. The van der Waals surface area contributed by atoms with Gasteiger partial charge in [0.2, 0.25) is 0 Å². The summed E-state index contributed by atoms with van der Waals surface area (Å²) < 4.78 is 0. The number of benzene rings is 1. The molecule has 0 bridgehead atoms. The van der Waals surface area contributed by atoms with Crippen molar-refractivity contribution < 1.29 is 4.92 Å². The molecule has 2 atom stereocenters. The van der Waals surface area contributed by atoms with Crippen LogP contribution in [0.4, 0.5) is 11.4 Å². The van der Waals surface area contributed by atoms with Gasteiger partial charge in [-0.3, -0.25) is 10.1 Å². The Morgan fingerprint density at radius 1 is 1.20 bits per heavy atom. The molecule has 1 saturated carbocycles. The average Bonchev–Trinajstić information content (AvgIpc) is 2.38. The second-order valence-electron chi connectivity index (χ2n) is 6.78. The summed E-state index contributed by atoms with van der Waals surface area (Å²) in [6, 6.07) is 7.27. The van der Waals surface area contributed by atoms with E-state index >= 15 is 0 Å². The van der Waals surface area contributed by atoms with Gasteiger partial charge in [0.15, 0.2) is 0 Å². The van der Waals surface area contributed by atoms with Crippen molar-refractivity contribution in [2.45, 2.75) is 52.5 Å². The third-order valence-electron chi connectivity index (χ3n) is 4.32. The van der Waals surface area contributed by atoms with Gasteiger partial charge in [0, 0.05) is 12.1 Å². The summed E-state index contributed by atoms with van der Waals surface area (Å²) in [5.74, 6) is 0.552. The van der Waals surface area contributed by atoms with E-state index in [-0.39, 0.29) is 16.0 Å². The van der Waals surface area contributed by atoms with E-state index in [1.165, 1.54) is 19.3 Å². The van der Waals surface area contributed by atoms with Crippen LogP contribution in [0, 0.1) is 21.4 Å². The number of hydrogen-bond acceptors (Lipinski definition) is 3. The number of para-hydroxylation sites is 2. The molecule has 1 aliphatic carbocycles. The molecule has 0 aliphatic heterocycles. The molecule has 1 aromatic carbocycles. The van der Waals surface area contributed by atoms with Gasteiger partial charge < -0.3 is 5.32 Å². The van der Waals surface area contributed by atoms with E-state index in [1.807, 2.05) is 12.1 Å². The number of nitrogens with one attached hydrogen (secondary N) is 1. The van der Waals surface area contributed by atoms with Crippen LogP contribution in [0.1, 0.15) is 46.5 Å². The summed E-state index contributed by atoms with van der Waals surface area (Å²) >= 11 is 0. The predicted octanol–water partition coefficient (Wildman–Crippen LogP) is 4.61. The fraction of sp³-hybridized carbons (Fsp3) is 0.625. The van der Waals surface area contributed by atoms with Crippen molar-refractivity contribution in [3.8, 4) is 0 Å². The Bertz CT molecular complexity index is 480. The van der Waals surface area contributed by atoms with Crippen LogP contribution in [-0.4, -0.2) is 11.0 Å². The smallest absolute Gasteiger partial charge is 0.292 e. The van der Waals surface area contributed by atoms with Crippen molar-refractivity contribution in [2.24, 2.45) is 11.3 Å². The first-order valence-electron chi connectivity index (χ1n) is 7.39. The Kier molecular flexibility index (Phi) is 4.31. The number of hydrogen-bond donors (Lipinski definition) is 1. The van der Waals surface area contributed by atoms with Gasteiger partial charge >= 0.3 is 0 Å². The third kappa shape index (κ3) is 3.30. The first-order valence-corrected chi connectivity index (χ1v) is 7.39. The summed E-state index contributed by atoms with van der Waals surface area (Å²) in [6.07, 6.45) is 4.75. The molecule has 0 amide bonds. The van der Waals surface area contributed by atoms with Crippen LogP contribution in [0.5, 0.6) is 0 Å². The van der Waals surface area contributed by atoms with Crippen molar-refractivity contribution in [3.05, 3.63) is 34.4 Å². The van der Waals surface area contributed by atoms with Gasteiger partial charge in [-0.1, -0.05) is 45.7 Å². The molecule has 1 aliphatic rings. The fourth-order valence-electron chi connectivity index (χ4n) is 3.29. The van der Waals surface area contributed by atoms with Crippen molar-refractivity contribution >= 4 is 11.4 Å². The lowest BCUT2D eigenvalue weighted by Gasteiger charge is -2.41. The minimum Gasteiger partial charge on any atom is -0.376 e. The van der Waals surface area contributed by atoms with Gasteiger partial charge in [-0.2, -0.15) is 0 Å². The molecule has 0 radical (unpaired) electrons. The molecule has 2 rings (SSSR count). The molecule has 2 unspecified atom stereocenters. The third-order valence-corrected chi connectivity index (χ3v) is 4.32. The Morgan fingerprint density at radius 3 is 2.50 bits per heavy atom. The van der Waals surface area contributed by atoms with E-state index in [0.717, 1.165) is 6.42 Å². The highest BCUT2D eigenvalue weighted by atomic mass is 16.6. The maximum absolute atomic E-state index is 11.1. The minimum absolute atomic E-state index is 0.172. The van der Waals surface area contributed by atoms with Crippen LogP contribution in [-0.2, 0) is 0 Å². The molecule has 1 N–H and O–H groups in total. The predicted molar refractivity (Wildman–Crippen MR) is 81.9 cm³/mol.